The summed E-state index contributed by atoms with van der Waals surface area (Å²) in [5.41, 5.74) is 2.77. The number of aliphatic carboxylic acids is 1. The van der Waals surface area contributed by atoms with Crippen molar-refractivity contribution in [2.75, 3.05) is 32.7 Å². The lowest BCUT2D eigenvalue weighted by Crippen LogP contribution is -2.47. The van der Waals surface area contributed by atoms with Crippen LogP contribution in [0.3, 0.4) is 0 Å². The van der Waals surface area contributed by atoms with Gasteiger partial charge in [0.15, 0.2) is 0 Å². The molecule has 2 aromatic rings. The molecule has 190 valence electrons. The van der Waals surface area contributed by atoms with Crippen LogP contribution in [-0.4, -0.2) is 71.6 Å². The highest BCUT2D eigenvalue weighted by molar-refractivity contribution is 6.30. The van der Waals surface area contributed by atoms with Crippen LogP contribution in [0.5, 0.6) is 0 Å². The first-order valence-corrected chi connectivity index (χ1v) is 11.2. The molecule has 1 fully saturated rings. The maximum absolute atomic E-state index is 13.1. The normalized spacial score (nSPS) is 13.5. The molecule has 3 rings (SSSR count). The molecule has 1 heterocycles. The molecule has 0 spiro atoms. The highest BCUT2D eigenvalue weighted by Crippen LogP contribution is 2.16. The van der Waals surface area contributed by atoms with E-state index in [1.807, 2.05) is 30.0 Å². The maximum atomic E-state index is 13.1. The van der Waals surface area contributed by atoms with Crippen molar-refractivity contribution >= 4 is 29.4 Å². The molecule has 2 N–H and O–H groups in total. The number of carboxylic acid groups (broad SMARTS) is 1. The first-order valence-electron chi connectivity index (χ1n) is 10.9. The molecule has 2 amide bonds. The lowest BCUT2D eigenvalue weighted by molar-refractivity contribution is -0.192. The zero-order valence-electron chi connectivity index (χ0n) is 19.1. The molecule has 7 nitrogen and oxygen atoms in total. The molecule has 0 aliphatic carbocycles. The van der Waals surface area contributed by atoms with E-state index in [4.69, 9.17) is 21.5 Å². The fourth-order valence-corrected chi connectivity index (χ4v) is 3.49. The third kappa shape index (κ3) is 9.58. The third-order valence-corrected chi connectivity index (χ3v) is 5.39. The van der Waals surface area contributed by atoms with Crippen LogP contribution in [0.15, 0.2) is 48.5 Å². The van der Waals surface area contributed by atoms with Gasteiger partial charge in [-0.05, 0) is 36.8 Å². The van der Waals surface area contributed by atoms with E-state index in [0.717, 1.165) is 37.3 Å². The van der Waals surface area contributed by atoms with Gasteiger partial charge in [0.2, 0.25) is 5.91 Å². The van der Waals surface area contributed by atoms with Gasteiger partial charge in [-0.25, -0.2) is 4.79 Å². The average molecular weight is 514 g/mol. The average Bonchev–Trinajstić information content (AvgIpc) is 2.82. The van der Waals surface area contributed by atoms with Gasteiger partial charge >= 0.3 is 12.1 Å². The Morgan fingerprint density at radius 1 is 1.09 bits per heavy atom. The summed E-state index contributed by atoms with van der Waals surface area (Å²) in [7, 11) is 0. The summed E-state index contributed by atoms with van der Waals surface area (Å²) in [5, 5.41) is 11.0. The minimum absolute atomic E-state index is 0.0914. The zero-order chi connectivity index (χ0) is 26.0. The Kier molecular flexibility index (Phi) is 10.5. The third-order valence-electron chi connectivity index (χ3n) is 5.14. The van der Waals surface area contributed by atoms with E-state index in [1.165, 1.54) is 0 Å². The molecular formula is C24H27ClF3N3O4. The maximum Gasteiger partial charge on any atom is 0.490 e. The highest BCUT2D eigenvalue weighted by atomic mass is 35.5. The summed E-state index contributed by atoms with van der Waals surface area (Å²) in [5.74, 6) is -2.75. The number of aryl methyl sites for hydroxylation is 1. The van der Waals surface area contributed by atoms with Crippen LogP contribution in [-0.2, 0) is 16.1 Å². The molecule has 1 aliphatic rings. The Morgan fingerprint density at radius 2 is 1.69 bits per heavy atom. The number of benzene rings is 2. The van der Waals surface area contributed by atoms with Gasteiger partial charge in [-0.1, -0.05) is 41.4 Å². The predicted octanol–water partition coefficient (Wildman–Crippen LogP) is 3.75. The van der Waals surface area contributed by atoms with Crippen molar-refractivity contribution in [1.29, 1.82) is 0 Å². The Balaban J connectivity index is 0.000000540. The second-order valence-corrected chi connectivity index (χ2v) is 8.34. The van der Waals surface area contributed by atoms with Gasteiger partial charge in [0, 0.05) is 56.3 Å². The monoisotopic (exact) mass is 513 g/mol. The van der Waals surface area contributed by atoms with Crippen molar-refractivity contribution < 1.29 is 32.7 Å². The lowest BCUT2D eigenvalue weighted by atomic mass is 10.1. The van der Waals surface area contributed by atoms with E-state index >= 15 is 0 Å². The number of carboxylic acids is 1. The van der Waals surface area contributed by atoms with Gasteiger partial charge in [0.1, 0.15) is 0 Å². The number of nitrogens with zero attached hydrogens (tertiary/aromatic N) is 2. The number of halogens is 4. The lowest BCUT2D eigenvalue weighted by Gasteiger charge is -2.29. The van der Waals surface area contributed by atoms with Crippen LogP contribution in [0.1, 0.15) is 27.9 Å². The Morgan fingerprint density at radius 3 is 2.23 bits per heavy atom. The van der Waals surface area contributed by atoms with Gasteiger partial charge in [-0.15, -0.1) is 0 Å². The molecule has 35 heavy (non-hydrogen) atoms. The number of carbonyl (C=O) groups is 3. The number of rotatable bonds is 6. The summed E-state index contributed by atoms with van der Waals surface area (Å²) in [6.45, 7) is 5.98. The van der Waals surface area contributed by atoms with Crippen molar-refractivity contribution in [2.24, 2.45) is 0 Å². The number of hydrogen-bond donors (Lipinski definition) is 2. The molecule has 0 bridgehead atoms. The standard InChI is InChI=1S/C22H26ClN3O2.C2HF3O2/c1-17-3-2-4-18(15-17)16-26(22(28)19-5-7-20(23)8-6-19)12-9-21(27)25-13-10-24-11-14-25;3-2(4,5)1(6)7/h2-8,15,24H,9-14,16H2,1H3;(H,6,7). The van der Waals surface area contributed by atoms with Gasteiger partial charge in [-0.2, -0.15) is 13.2 Å². The number of alkyl halides is 3. The number of carbonyl (C=O) groups excluding carboxylic acids is 2. The minimum atomic E-state index is -5.08. The molecule has 0 aromatic heterocycles. The number of amides is 2. The van der Waals surface area contributed by atoms with Crippen LogP contribution in [0.4, 0.5) is 13.2 Å². The Bertz CT molecular complexity index is 1010. The van der Waals surface area contributed by atoms with Gasteiger partial charge in [-0.3, -0.25) is 9.59 Å². The topological polar surface area (TPSA) is 90.0 Å². The Labute approximate surface area is 206 Å². The van der Waals surface area contributed by atoms with E-state index in [-0.39, 0.29) is 11.8 Å². The fourth-order valence-electron chi connectivity index (χ4n) is 3.36. The van der Waals surface area contributed by atoms with Crippen molar-refractivity contribution in [3.8, 4) is 0 Å². The molecule has 0 saturated carbocycles. The van der Waals surface area contributed by atoms with Gasteiger partial charge in [0.05, 0.1) is 0 Å². The van der Waals surface area contributed by atoms with E-state index in [9.17, 15) is 22.8 Å². The van der Waals surface area contributed by atoms with Gasteiger partial charge < -0.3 is 20.2 Å². The predicted molar refractivity (Wildman–Crippen MR) is 125 cm³/mol. The smallest absolute Gasteiger partial charge is 0.475 e. The number of piperazine rings is 1. The van der Waals surface area contributed by atoms with E-state index in [2.05, 4.69) is 11.4 Å². The number of hydrogen-bond acceptors (Lipinski definition) is 4. The molecule has 2 aromatic carbocycles. The van der Waals surface area contributed by atoms with Crippen LogP contribution in [0.25, 0.3) is 0 Å². The molecule has 0 unspecified atom stereocenters. The van der Waals surface area contributed by atoms with Crippen molar-refractivity contribution in [3.63, 3.8) is 0 Å². The van der Waals surface area contributed by atoms with Crippen LogP contribution in [0, 0.1) is 6.92 Å². The zero-order valence-corrected chi connectivity index (χ0v) is 19.9. The molecule has 1 aliphatic heterocycles. The second-order valence-electron chi connectivity index (χ2n) is 7.91. The van der Waals surface area contributed by atoms with Crippen molar-refractivity contribution in [3.05, 3.63) is 70.2 Å². The van der Waals surface area contributed by atoms with Crippen molar-refractivity contribution in [2.45, 2.75) is 26.1 Å². The summed E-state index contributed by atoms with van der Waals surface area (Å²) >= 11 is 5.95. The molecular weight excluding hydrogens is 487 g/mol. The fraction of sp³-hybridized carbons (Fsp3) is 0.375. The van der Waals surface area contributed by atoms with E-state index in [1.54, 1.807) is 29.2 Å². The molecule has 1 saturated heterocycles. The highest BCUT2D eigenvalue weighted by Gasteiger charge is 2.38. The summed E-state index contributed by atoms with van der Waals surface area (Å²) in [4.78, 5) is 38.2. The van der Waals surface area contributed by atoms with Gasteiger partial charge in [0.25, 0.3) is 5.91 Å². The van der Waals surface area contributed by atoms with E-state index in [0.29, 0.717) is 30.1 Å². The minimum Gasteiger partial charge on any atom is -0.475 e. The molecule has 11 heteroatoms. The van der Waals surface area contributed by atoms with Crippen LogP contribution < -0.4 is 5.32 Å². The summed E-state index contributed by atoms with van der Waals surface area (Å²) in [6, 6.07) is 15.0. The van der Waals surface area contributed by atoms with Crippen molar-refractivity contribution in [1.82, 2.24) is 15.1 Å². The Hall–Kier alpha value is -3.11. The number of nitrogens with one attached hydrogen (secondary N) is 1. The van der Waals surface area contributed by atoms with Crippen LogP contribution in [0.2, 0.25) is 5.02 Å². The molecule has 0 atom stereocenters. The largest absolute Gasteiger partial charge is 0.490 e. The summed E-state index contributed by atoms with van der Waals surface area (Å²) in [6.07, 6.45) is -4.76. The first kappa shape index (κ1) is 28.1. The first-order chi connectivity index (χ1) is 16.5. The van der Waals surface area contributed by atoms with E-state index < -0.39 is 12.1 Å². The quantitative estimate of drug-likeness (QED) is 0.614. The second kappa shape index (κ2) is 13.1. The van der Waals surface area contributed by atoms with Crippen LogP contribution >= 0.6 is 11.6 Å². The summed E-state index contributed by atoms with van der Waals surface area (Å²) < 4.78 is 31.7. The SMILES string of the molecule is Cc1cccc(CN(CCC(=O)N2CCNCC2)C(=O)c2ccc(Cl)cc2)c1.O=C(O)C(F)(F)F. The molecule has 0 radical (unpaired) electrons.